The van der Waals surface area contributed by atoms with Crippen LogP contribution in [0.2, 0.25) is 0 Å². The second-order valence-corrected chi connectivity index (χ2v) is 7.45. The van der Waals surface area contributed by atoms with Crippen LogP contribution in [0, 0.1) is 0 Å². The van der Waals surface area contributed by atoms with Crippen LogP contribution in [-0.4, -0.2) is 39.9 Å². The van der Waals surface area contributed by atoms with Gasteiger partial charge in [-0.15, -0.1) is 0 Å². The van der Waals surface area contributed by atoms with E-state index in [9.17, 15) is 4.79 Å². The minimum absolute atomic E-state index is 0.314. The largest absolute Gasteiger partial charge is 0.495 e. The summed E-state index contributed by atoms with van der Waals surface area (Å²) in [6, 6.07) is 5.66. The van der Waals surface area contributed by atoms with Crippen LogP contribution in [0.4, 0.5) is 11.6 Å². The van der Waals surface area contributed by atoms with Gasteiger partial charge in [0.1, 0.15) is 17.1 Å². The zero-order valence-corrected chi connectivity index (χ0v) is 19.7. The Bertz CT molecular complexity index is 1070. The first kappa shape index (κ1) is 22.7. The molecule has 1 aromatic carbocycles. The molecule has 8 nitrogen and oxygen atoms in total. The van der Waals surface area contributed by atoms with Crippen LogP contribution >= 0.6 is 15.9 Å². The molecule has 2 aromatic heterocycles. The van der Waals surface area contributed by atoms with E-state index in [0.29, 0.717) is 29.7 Å². The first-order valence-corrected chi connectivity index (χ1v) is 11.1. The lowest BCUT2D eigenvalue weighted by molar-refractivity contribution is 0.0518. The molecular weight excluding hydrogens is 462 g/mol. The van der Waals surface area contributed by atoms with E-state index in [-0.39, 0.29) is 0 Å². The topological polar surface area (TPSA) is 102 Å². The van der Waals surface area contributed by atoms with E-state index < -0.39 is 5.97 Å². The fourth-order valence-electron chi connectivity index (χ4n) is 3.38. The highest BCUT2D eigenvalue weighted by molar-refractivity contribution is 9.10. The summed E-state index contributed by atoms with van der Waals surface area (Å²) in [4.78, 5) is 21.4. The van der Waals surface area contributed by atoms with Gasteiger partial charge < -0.3 is 14.8 Å². The van der Waals surface area contributed by atoms with Crippen LogP contribution in [0.5, 0.6) is 5.75 Å². The van der Waals surface area contributed by atoms with Crippen LogP contribution in [-0.2, 0) is 17.6 Å². The van der Waals surface area contributed by atoms with Crippen molar-refractivity contribution in [2.24, 2.45) is 0 Å². The summed E-state index contributed by atoms with van der Waals surface area (Å²) in [6.07, 6.45) is 4.22. The summed E-state index contributed by atoms with van der Waals surface area (Å²) in [5, 5.41) is 10.4. The van der Waals surface area contributed by atoms with Gasteiger partial charge in [-0.1, -0.05) is 29.8 Å². The smallest absolute Gasteiger partial charge is 0.356 e. The molecule has 4 rings (SSSR count). The molecule has 2 heterocycles. The van der Waals surface area contributed by atoms with Crippen molar-refractivity contribution < 1.29 is 14.3 Å². The number of esters is 1. The molecule has 0 amide bonds. The van der Waals surface area contributed by atoms with Gasteiger partial charge in [-0.2, -0.15) is 5.10 Å². The van der Waals surface area contributed by atoms with Crippen LogP contribution in [0.25, 0.3) is 11.4 Å². The van der Waals surface area contributed by atoms with E-state index in [1.54, 1.807) is 14.0 Å². The number of carbonyl (C=O) groups is 1. The van der Waals surface area contributed by atoms with Crippen molar-refractivity contribution in [3.8, 4) is 17.1 Å². The summed E-state index contributed by atoms with van der Waals surface area (Å²) >= 11 is 3.44. The number of ether oxygens (including phenoxy) is 2. The number of nitrogens with zero attached hydrogens (tertiary/aromatic N) is 3. The van der Waals surface area contributed by atoms with Gasteiger partial charge in [0.2, 0.25) is 5.95 Å². The molecule has 0 saturated heterocycles. The number of H-pyrrole nitrogens is 1. The Hall–Kier alpha value is -2.94. The van der Waals surface area contributed by atoms with Gasteiger partial charge in [0, 0.05) is 16.2 Å². The first-order chi connectivity index (χ1) is 15.1. The Morgan fingerprint density at radius 3 is 2.81 bits per heavy atom. The molecule has 0 unspecified atom stereocenters. The van der Waals surface area contributed by atoms with Crippen molar-refractivity contribution in [3.05, 3.63) is 45.7 Å². The molecule has 0 spiro atoms. The lowest BCUT2D eigenvalue weighted by atomic mass is 10.1. The number of aromatic amines is 1. The lowest BCUT2D eigenvalue weighted by Crippen LogP contribution is -2.08. The molecule has 1 aliphatic carbocycles. The van der Waals surface area contributed by atoms with E-state index in [2.05, 4.69) is 36.4 Å². The highest BCUT2D eigenvalue weighted by Gasteiger charge is 2.26. The van der Waals surface area contributed by atoms with Crippen LogP contribution in [0.1, 0.15) is 48.8 Å². The summed E-state index contributed by atoms with van der Waals surface area (Å²) < 4.78 is 11.5. The number of benzene rings is 1. The molecule has 0 radical (unpaired) electrons. The number of hydrogen-bond donors (Lipinski definition) is 2. The van der Waals surface area contributed by atoms with Crippen molar-refractivity contribution in [3.63, 3.8) is 0 Å². The molecule has 3 aromatic rings. The molecule has 2 N–H and O–H groups in total. The second kappa shape index (κ2) is 10.4. The Morgan fingerprint density at radius 2 is 2.06 bits per heavy atom. The van der Waals surface area contributed by atoms with Gasteiger partial charge in [-0.3, -0.25) is 5.10 Å². The molecular formula is C22H26BrN5O3. The average Bonchev–Trinajstić information content (AvgIpc) is 3.13. The highest BCUT2D eigenvalue weighted by atomic mass is 79.9. The van der Waals surface area contributed by atoms with Gasteiger partial charge in [-0.05, 0) is 49.9 Å². The Kier molecular flexibility index (Phi) is 7.62. The normalized spacial score (nSPS) is 11.9. The maximum atomic E-state index is 12.3. The number of fused-ring (bicyclic) bond motifs is 3. The van der Waals surface area contributed by atoms with Crippen LogP contribution in [0.15, 0.2) is 28.9 Å². The molecule has 31 heavy (non-hydrogen) atoms. The molecule has 0 bridgehead atoms. The maximum Gasteiger partial charge on any atom is 0.356 e. The van der Waals surface area contributed by atoms with E-state index in [1.165, 1.54) is 0 Å². The molecule has 0 fully saturated rings. The number of methoxy groups -OCH3 is 1. The SMILES string of the molecule is CC.CCOC(=O)c1[nH]nc2c1CCCc1cnc(Nc3ccc(Br)cc3OC)nc1-2. The van der Waals surface area contributed by atoms with Crippen LogP contribution < -0.4 is 10.1 Å². The third kappa shape index (κ3) is 4.87. The quantitative estimate of drug-likeness (QED) is 0.484. The minimum atomic E-state index is -0.392. The van der Waals surface area contributed by atoms with Crippen molar-refractivity contribution in [2.75, 3.05) is 19.0 Å². The number of hydrogen-bond acceptors (Lipinski definition) is 7. The molecule has 0 saturated carbocycles. The summed E-state index contributed by atoms with van der Waals surface area (Å²) in [5.41, 5.74) is 4.38. The number of nitrogens with one attached hydrogen (secondary N) is 2. The van der Waals surface area contributed by atoms with Crippen molar-refractivity contribution in [1.82, 2.24) is 20.2 Å². The third-order valence-electron chi connectivity index (χ3n) is 4.72. The minimum Gasteiger partial charge on any atom is -0.495 e. The van der Waals surface area contributed by atoms with E-state index in [0.717, 1.165) is 46.2 Å². The van der Waals surface area contributed by atoms with Crippen molar-refractivity contribution >= 4 is 33.5 Å². The highest BCUT2D eigenvalue weighted by Crippen LogP contribution is 2.34. The van der Waals surface area contributed by atoms with E-state index in [4.69, 9.17) is 14.5 Å². The zero-order valence-electron chi connectivity index (χ0n) is 18.1. The summed E-state index contributed by atoms with van der Waals surface area (Å²) in [7, 11) is 1.61. The first-order valence-electron chi connectivity index (χ1n) is 10.3. The molecule has 0 atom stereocenters. The monoisotopic (exact) mass is 487 g/mol. The number of halogens is 1. The number of carbonyl (C=O) groups excluding carboxylic acids is 1. The summed E-state index contributed by atoms with van der Waals surface area (Å²) in [5.74, 6) is 0.706. The predicted octanol–water partition coefficient (Wildman–Crippen LogP) is 5.07. The fourth-order valence-corrected chi connectivity index (χ4v) is 3.72. The zero-order chi connectivity index (χ0) is 22.4. The van der Waals surface area contributed by atoms with E-state index in [1.807, 2.05) is 38.2 Å². The molecule has 9 heteroatoms. The fraction of sp³-hybridized carbons (Fsp3) is 0.364. The van der Waals surface area contributed by atoms with Gasteiger partial charge in [0.15, 0.2) is 0 Å². The Labute approximate surface area is 189 Å². The van der Waals surface area contributed by atoms with Gasteiger partial charge in [0.25, 0.3) is 0 Å². The molecule has 164 valence electrons. The van der Waals surface area contributed by atoms with E-state index >= 15 is 0 Å². The maximum absolute atomic E-state index is 12.3. The van der Waals surface area contributed by atoms with Crippen molar-refractivity contribution in [1.29, 1.82) is 0 Å². The second-order valence-electron chi connectivity index (χ2n) is 6.54. The molecule has 0 aliphatic heterocycles. The summed E-state index contributed by atoms with van der Waals surface area (Å²) in [6.45, 7) is 6.10. The van der Waals surface area contributed by atoms with Crippen LogP contribution in [0.3, 0.4) is 0 Å². The number of aryl methyl sites for hydroxylation is 1. The van der Waals surface area contributed by atoms with Gasteiger partial charge in [-0.25, -0.2) is 14.8 Å². The predicted molar refractivity (Wildman–Crippen MR) is 123 cm³/mol. The lowest BCUT2D eigenvalue weighted by Gasteiger charge is -2.12. The average molecular weight is 488 g/mol. The number of anilines is 2. The number of rotatable bonds is 5. The Balaban J connectivity index is 0.00000132. The molecule has 1 aliphatic rings. The van der Waals surface area contributed by atoms with Crippen molar-refractivity contribution in [2.45, 2.75) is 40.0 Å². The van der Waals surface area contributed by atoms with Gasteiger partial charge >= 0.3 is 5.97 Å². The third-order valence-corrected chi connectivity index (χ3v) is 5.21. The standard InChI is InChI=1S/C20H20BrN5O3.C2H6/c1-3-29-19(27)18-13-6-4-5-11-10-22-20(24-16(11)17(13)25-26-18)23-14-8-7-12(21)9-15(14)28-2;1-2/h7-10H,3-6H2,1-2H3,(H,25,26)(H,22,23,24);1-2H3. The van der Waals surface area contributed by atoms with Gasteiger partial charge in [0.05, 0.1) is 25.1 Å². The number of aromatic nitrogens is 4. The Morgan fingerprint density at radius 1 is 1.26 bits per heavy atom.